The number of hydrogen-bond donors (Lipinski definition) is 3. The number of nitrogen functional groups attached to an aromatic ring is 1. The van der Waals surface area contributed by atoms with E-state index in [4.69, 9.17) is 17.3 Å². The fourth-order valence-corrected chi connectivity index (χ4v) is 2.97. The third-order valence-corrected chi connectivity index (χ3v) is 4.67. The maximum atomic E-state index is 12.8. The van der Waals surface area contributed by atoms with Gasteiger partial charge in [0.1, 0.15) is 5.75 Å². The maximum Gasteiger partial charge on any atom is 0.387 e. The summed E-state index contributed by atoms with van der Waals surface area (Å²) in [5.41, 5.74) is 6.92. The Morgan fingerprint density at radius 3 is 2.44 bits per heavy atom. The quantitative estimate of drug-likeness (QED) is 0.421. The van der Waals surface area contributed by atoms with Gasteiger partial charge in [-0.15, -0.1) is 12.4 Å². The Kier molecular flexibility index (Phi) is 10.0. The van der Waals surface area contributed by atoms with Crippen LogP contribution in [0.3, 0.4) is 0 Å². The summed E-state index contributed by atoms with van der Waals surface area (Å²) >= 11 is 5.88. The lowest BCUT2D eigenvalue weighted by atomic mass is 10.0. The topological polar surface area (TPSA) is 110 Å². The van der Waals surface area contributed by atoms with E-state index in [0.717, 1.165) is 5.56 Å². The molecule has 0 aliphatic rings. The average Bonchev–Trinajstić information content (AvgIpc) is 2.80. The van der Waals surface area contributed by atoms with Crippen LogP contribution in [0.1, 0.15) is 27.0 Å². The highest BCUT2D eigenvalue weighted by molar-refractivity contribution is 6.30. The highest BCUT2D eigenvalue weighted by Crippen LogP contribution is 2.22. The molecular weight excluding hydrogens is 489 g/mol. The van der Waals surface area contributed by atoms with Gasteiger partial charge in [0.05, 0.1) is 23.8 Å². The van der Waals surface area contributed by atoms with Gasteiger partial charge < -0.3 is 20.9 Å². The van der Waals surface area contributed by atoms with Gasteiger partial charge in [-0.25, -0.2) is 9.97 Å². The molecule has 11 heteroatoms. The van der Waals surface area contributed by atoms with Gasteiger partial charge in [0.25, 0.3) is 5.91 Å². The van der Waals surface area contributed by atoms with Crippen LogP contribution in [-0.4, -0.2) is 40.2 Å². The molecule has 0 radical (unpaired) electrons. The van der Waals surface area contributed by atoms with E-state index in [1.54, 1.807) is 24.3 Å². The summed E-state index contributed by atoms with van der Waals surface area (Å²) in [5.74, 6) is 4.78. The fourth-order valence-electron chi connectivity index (χ4n) is 2.84. The maximum absolute atomic E-state index is 12.8. The molecule has 0 saturated carbocycles. The summed E-state index contributed by atoms with van der Waals surface area (Å²) in [7, 11) is 0. The number of aromatic nitrogens is 2. The van der Waals surface area contributed by atoms with Crippen LogP contribution in [0, 0.1) is 11.8 Å². The molecule has 2 aromatic carbocycles. The number of carbonyl (C=O) groups is 1. The van der Waals surface area contributed by atoms with Gasteiger partial charge in [-0.05, 0) is 42.3 Å². The van der Waals surface area contributed by atoms with Crippen LogP contribution in [0.15, 0.2) is 54.9 Å². The minimum atomic E-state index is -3.07. The predicted molar refractivity (Wildman–Crippen MR) is 126 cm³/mol. The Morgan fingerprint density at radius 2 is 1.82 bits per heavy atom. The van der Waals surface area contributed by atoms with Crippen molar-refractivity contribution in [3.05, 3.63) is 82.1 Å². The van der Waals surface area contributed by atoms with E-state index >= 15 is 0 Å². The molecule has 1 heterocycles. The number of benzene rings is 2. The number of aliphatic hydroxyl groups is 1. The van der Waals surface area contributed by atoms with E-state index in [1.807, 2.05) is 0 Å². The standard InChI is InChI=1S/C23H19ClF2N4O3.ClH/c24-18-6-2-14(3-7-18)9-19(13-31)30-21(32)17-5-8-20(33-22(25)26)16(10-17)4-1-15-11-28-23(27)29-12-15;/h2-3,5-8,10-12,19,22,31H,9,13H2,(H,30,32)(H2,27,28,29);1H/t19-;/m0./s1. The van der Waals surface area contributed by atoms with Gasteiger partial charge in [-0.1, -0.05) is 35.6 Å². The molecule has 3 aromatic rings. The summed E-state index contributed by atoms with van der Waals surface area (Å²) in [4.78, 5) is 20.4. The molecule has 4 N–H and O–H groups in total. The molecule has 0 saturated heterocycles. The first kappa shape index (κ1) is 26.8. The van der Waals surface area contributed by atoms with Crippen molar-refractivity contribution in [2.24, 2.45) is 0 Å². The largest absolute Gasteiger partial charge is 0.434 e. The highest BCUT2D eigenvalue weighted by Gasteiger charge is 2.16. The van der Waals surface area contributed by atoms with Gasteiger partial charge in [-0.3, -0.25) is 4.79 Å². The molecule has 0 aliphatic carbocycles. The predicted octanol–water partition coefficient (Wildman–Crippen LogP) is 3.47. The number of ether oxygens (including phenoxy) is 1. The Hall–Kier alpha value is -3.45. The number of hydrogen-bond acceptors (Lipinski definition) is 6. The first-order chi connectivity index (χ1) is 15.8. The van der Waals surface area contributed by atoms with Crippen molar-refractivity contribution in [3.63, 3.8) is 0 Å². The highest BCUT2D eigenvalue weighted by atomic mass is 35.5. The van der Waals surface area contributed by atoms with E-state index in [2.05, 4.69) is 31.9 Å². The molecule has 0 spiro atoms. The summed E-state index contributed by atoms with van der Waals surface area (Å²) in [6, 6.07) is 10.3. The van der Waals surface area contributed by atoms with Crippen LogP contribution >= 0.6 is 24.0 Å². The number of nitrogens with two attached hydrogens (primary N) is 1. The molecule has 1 atom stereocenters. The Morgan fingerprint density at radius 1 is 1.15 bits per heavy atom. The van der Waals surface area contributed by atoms with Crippen molar-refractivity contribution in [1.82, 2.24) is 15.3 Å². The number of nitrogens with one attached hydrogen (secondary N) is 1. The number of alkyl halides is 2. The molecule has 0 bridgehead atoms. The van der Waals surface area contributed by atoms with Gasteiger partial charge >= 0.3 is 6.61 Å². The average molecular weight is 509 g/mol. The summed E-state index contributed by atoms with van der Waals surface area (Å²) in [5, 5.41) is 13.0. The van der Waals surface area contributed by atoms with Crippen LogP contribution in [0.5, 0.6) is 5.75 Å². The molecule has 0 fully saturated rings. The van der Waals surface area contributed by atoms with E-state index in [-0.39, 0.29) is 41.8 Å². The Bertz CT molecular complexity index is 1170. The molecule has 3 rings (SSSR count). The second-order valence-electron chi connectivity index (χ2n) is 6.85. The number of halogens is 4. The third kappa shape index (κ3) is 7.85. The number of anilines is 1. The molecule has 34 heavy (non-hydrogen) atoms. The molecule has 178 valence electrons. The van der Waals surface area contributed by atoms with Crippen LogP contribution < -0.4 is 15.8 Å². The van der Waals surface area contributed by atoms with Crippen molar-refractivity contribution in [1.29, 1.82) is 0 Å². The molecule has 7 nitrogen and oxygen atoms in total. The van der Waals surface area contributed by atoms with Crippen molar-refractivity contribution < 1.29 is 23.4 Å². The summed E-state index contributed by atoms with van der Waals surface area (Å²) < 4.78 is 30.1. The van der Waals surface area contributed by atoms with E-state index in [9.17, 15) is 18.7 Å². The molecule has 1 aromatic heterocycles. The Labute approximate surface area is 205 Å². The second kappa shape index (κ2) is 12.7. The van der Waals surface area contributed by atoms with Gasteiger partial charge in [-0.2, -0.15) is 8.78 Å². The zero-order valence-electron chi connectivity index (χ0n) is 17.5. The zero-order chi connectivity index (χ0) is 23.8. The monoisotopic (exact) mass is 508 g/mol. The van der Waals surface area contributed by atoms with E-state index < -0.39 is 18.6 Å². The normalized spacial score (nSPS) is 11.1. The smallest absolute Gasteiger partial charge is 0.387 e. The minimum absolute atomic E-state index is 0. The van der Waals surface area contributed by atoms with Crippen molar-refractivity contribution in [2.75, 3.05) is 12.3 Å². The van der Waals surface area contributed by atoms with Crippen LogP contribution in [-0.2, 0) is 6.42 Å². The minimum Gasteiger partial charge on any atom is -0.434 e. The Balaban J connectivity index is 0.00000408. The van der Waals surface area contributed by atoms with Crippen LogP contribution in [0.2, 0.25) is 5.02 Å². The molecule has 1 amide bonds. The van der Waals surface area contributed by atoms with Gasteiger partial charge in [0, 0.05) is 23.0 Å². The third-order valence-electron chi connectivity index (χ3n) is 4.42. The molecular formula is C23H20Cl2F2N4O3. The van der Waals surface area contributed by atoms with Crippen LogP contribution in [0.25, 0.3) is 0 Å². The number of rotatable bonds is 7. The van der Waals surface area contributed by atoms with E-state index in [0.29, 0.717) is 17.0 Å². The zero-order valence-corrected chi connectivity index (χ0v) is 19.1. The van der Waals surface area contributed by atoms with Gasteiger partial charge in [0.2, 0.25) is 5.95 Å². The summed E-state index contributed by atoms with van der Waals surface area (Å²) in [6.07, 6.45) is 3.13. The second-order valence-corrected chi connectivity index (χ2v) is 7.29. The number of carbonyl (C=O) groups excluding carboxylic acids is 1. The first-order valence-electron chi connectivity index (χ1n) is 9.68. The lowest BCUT2D eigenvalue weighted by Crippen LogP contribution is -2.39. The van der Waals surface area contributed by atoms with Crippen molar-refractivity contribution in [2.45, 2.75) is 19.1 Å². The SMILES string of the molecule is Cl.Nc1ncc(C#Cc2cc(C(=O)N[C@H](CO)Cc3ccc(Cl)cc3)ccc2OC(F)F)cn1. The fraction of sp³-hybridized carbons (Fsp3) is 0.174. The first-order valence-corrected chi connectivity index (χ1v) is 10.1. The van der Waals surface area contributed by atoms with Gasteiger partial charge in [0.15, 0.2) is 0 Å². The van der Waals surface area contributed by atoms with Crippen molar-refractivity contribution in [3.8, 4) is 17.6 Å². The number of aliphatic hydroxyl groups excluding tert-OH is 1. The number of amides is 1. The number of nitrogens with zero attached hydrogens (tertiary/aromatic N) is 2. The lowest BCUT2D eigenvalue weighted by Gasteiger charge is -2.17. The summed E-state index contributed by atoms with van der Waals surface area (Å²) in [6.45, 7) is -3.37. The lowest BCUT2D eigenvalue weighted by molar-refractivity contribution is -0.0500. The molecule has 0 unspecified atom stereocenters. The van der Waals surface area contributed by atoms with E-state index in [1.165, 1.54) is 30.6 Å². The van der Waals surface area contributed by atoms with Crippen LogP contribution in [0.4, 0.5) is 14.7 Å². The molecule has 0 aliphatic heterocycles. The van der Waals surface area contributed by atoms with Crippen molar-refractivity contribution >= 4 is 35.9 Å².